The minimum absolute atomic E-state index is 0.0188. The smallest absolute Gasteiger partial charge is 0.308 e. The second-order valence-corrected chi connectivity index (χ2v) is 7.62. The Bertz CT molecular complexity index is 797. The summed E-state index contributed by atoms with van der Waals surface area (Å²) in [6, 6.07) is -0.363. The maximum absolute atomic E-state index is 14.9. The van der Waals surface area contributed by atoms with Crippen LogP contribution >= 0.6 is 23.1 Å². The van der Waals surface area contributed by atoms with Crippen molar-refractivity contribution in [3.8, 4) is 10.6 Å². The lowest BCUT2D eigenvalue weighted by atomic mass is 9.61. The van der Waals surface area contributed by atoms with Crippen molar-refractivity contribution in [2.75, 3.05) is 5.32 Å². The van der Waals surface area contributed by atoms with Crippen LogP contribution in [-0.2, 0) is 4.79 Å². The van der Waals surface area contributed by atoms with E-state index >= 15 is 0 Å². The van der Waals surface area contributed by atoms with Gasteiger partial charge < -0.3 is 10.4 Å². The zero-order chi connectivity index (χ0) is 17.6. The fraction of sp³-hybridized carbons (Fsp3) is 0.533. The van der Waals surface area contributed by atoms with Crippen molar-refractivity contribution in [2.24, 2.45) is 17.8 Å². The number of rotatable bonds is 4. The van der Waals surface area contributed by atoms with Crippen molar-refractivity contribution < 1.29 is 14.3 Å². The molecule has 5 rings (SSSR count). The molecule has 0 spiro atoms. The fourth-order valence-corrected chi connectivity index (χ4v) is 4.79. The van der Waals surface area contributed by atoms with Crippen LogP contribution in [0.4, 0.5) is 10.2 Å². The molecule has 3 fully saturated rings. The highest BCUT2D eigenvalue weighted by Gasteiger charge is 2.47. The van der Waals surface area contributed by atoms with Crippen molar-refractivity contribution in [3.05, 3.63) is 17.3 Å². The molecule has 0 aliphatic heterocycles. The minimum Gasteiger partial charge on any atom is -0.481 e. The Kier molecular flexibility index (Phi) is 4.28. The molecule has 2 unspecified atom stereocenters. The second kappa shape index (κ2) is 6.45. The number of carboxylic acid groups (broad SMARTS) is 1. The third-order valence-electron chi connectivity index (χ3n) is 5.23. The number of aliphatic carboxylic acids is 1. The van der Waals surface area contributed by atoms with Crippen molar-refractivity contribution in [2.45, 2.75) is 31.7 Å². The predicted molar refractivity (Wildman–Crippen MR) is 89.9 cm³/mol. The molecule has 2 atom stereocenters. The van der Waals surface area contributed by atoms with E-state index < -0.39 is 17.7 Å². The number of halogens is 2. The van der Waals surface area contributed by atoms with E-state index in [2.05, 4.69) is 24.9 Å². The third kappa shape index (κ3) is 2.95. The first-order valence-corrected chi connectivity index (χ1v) is 9.20. The third-order valence-corrected chi connectivity index (χ3v) is 6.07. The predicted octanol–water partition coefficient (Wildman–Crippen LogP) is 3.09. The number of carbonyl (C=O) groups is 1. The van der Waals surface area contributed by atoms with Gasteiger partial charge in [-0.05, 0) is 60.7 Å². The quantitative estimate of drug-likeness (QED) is 0.782. The highest BCUT2D eigenvalue weighted by atomic mass is 35.5. The Morgan fingerprint density at radius 1 is 1.28 bits per heavy atom. The molecule has 0 amide bonds. The topological polar surface area (TPSA) is 101 Å². The monoisotopic (exact) mass is 383 g/mol. The zero-order valence-corrected chi connectivity index (χ0v) is 14.6. The lowest BCUT2D eigenvalue weighted by Gasteiger charge is -2.47. The van der Waals surface area contributed by atoms with Crippen LogP contribution in [0.2, 0.25) is 5.28 Å². The maximum Gasteiger partial charge on any atom is 0.308 e. The molecule has 2 aromatic rings. The van der Waals surface area contributed by atoms with Gasteiger partial charge >= 0.3 is 5.97 Å². The van der Waals surface area contributed by atoms with E-state index in [1.54, 1.807) is 0 Å². The molecule has 0 aromatic carbocycles. The molecule has 0 saturated heterocycles. The molecule has 2 N–H and O–H groups in total. The van der Waals surface area contributed by atoms with E-state index in [9.17, 15) is 14.3 Å². The highest BCUT2D eigenvalue weighted by Crippen LogP contribution is 2.46. The molecule has 3 aliphatic carbocycles. The molecule has 25 heavy (non-hydrogen) atoms. The van der Waals surface area contributed by atoms with E-state index in [4.69, 9.17) is 11.6 Å². The largest absolute Gasteiger partial charge is 0.481 e. The highest BCUT2D eigenvalue weighted by molar-refractivity contribution is 7.09. The molecular weight excluding hydrogens is 369 g/mol. The van der Waals surface area contributed by atoms with Gasteiger partial charge in [0.25, 0.3) is 0 Å². The molecule has 3 aliphatic rings. The molecule has 2 bridgehead atoms. The van der Waals surface area contributed by atoms with Gasteiger partial charge in [-0.1, -0.05) is 4.49 Å². The first-order valence-electron chi connectivity index (χ1n) is 8.04. The average Bonchev–Trinajstić information content (AvgIpc) is 3.12. The number of aromatic nitrogens is 4. The number of nitrogens with one attached hydrogen (secondary N) is 1. The van der Waals surface area contributed by atoms with Gasteiger partial charge in [-0.15, -0.1) is 5.10 Å². The van der Waals surface area contributed by atoms with Crippen LogP contribution in [-0.4, -0.2) is 36.7 Å². The van der Waals surface area contributed by atoms with Gasteiger partial charge in [0.2, 0.25) is 5.28 Å². The molecule has 3 saturated carbocycles. The van der Waals surface area contributed by atoms with Gasteiger partial charge in [-0.2, -0.15) is 4.98 Å². The summed E-state index contributed by atoms with van der Waals surface area (Å²) in [7, 11) is 0. The van der Waals surface area contributed by atoms with E-state index in [-0.39, 0.29) is 34.7 Å². The Hall–Kier alpha value is -1.87. The van der Waals surface area contributed by atoms with E-state index in [0.29, 0.717) is 4.88 Å². The summed E-state index contributed by atoms with van der Waals surface area (Å²) in [5, 5.41) is 16.2. The molecule has 0 radical (unpaired) electrons. The Morgan fingerprint density at radius 2 is 2.00 bits per heavy atom. The van der Waals surface area contributed by atoms with Gasteiger partial charge in [-0.3, -0.25) is 4.79 Å². The normalized spacial score (nSPS) is 28.1. The SMILES string of the molecule is O=C(O)C1C2CCC(CC2)C1Nc1nc(Cl)nc(-c2cnns2)c1F. The Labute approximate surface area is 151 Å². The van der Waals surface area contributed by atoms with Crippen LogP contribution in [0.5, 0.6) is 0 Å². The molecule has 132 valence electrons. The summed E-state index contributed by atoms with van der Waals surface area (Å²) in [5.74, 6) is -1.82. The summed E-state index contributed by atoms with van der Waals surface area (Å²) >= 11 is 6.95. The Morgan fingerprint density at radius 3 is 2.64 bits per heavy atom. The lowest BCUT2D eigenvalue weighted by molar-refractivity contribution is -0.148. The van der Waals surface area contributed by atoms with Crippen LogP contribution in [0, 0.1) is 23.6 Å². The molecule has 10 heteroatoms. The zero-order valence-electron chi connectivity index (χ0n) is 13.0. The van der Waals surface area contributed by atoms with Crippen molar-refractivity contribution in [1.29, 1.82) is 0 Å². The molecule has 7 nitrogen and oxygen atoms in total. The number of anilines is 1. The van der Waals surface area contributed by atoms with Crippen LogP contribution in [0.25, 0.3) is 10.6 Å². The van der Waals surface area contributed by atoms with Crippen LogP contribution < -0.4 is 5.32 Å². The molecule has 2 heterocycles. The summed E-state index contributed by atoms with van der Waals surface area (Å²) in [6.07, 6.45) is 5.10. The standard InChI is InChI=1S/C15H15ClFN5O2S/c16-15-20-12(8-5-18-22-25-8)10(17)13(21-15)19-11-7-3-1-6(2-4-7)9(11)14(23)24/h5-7,9,11H,1-4H2,(H,23,24)(H,19,20,21). The number of nitrogens with zero attached hydrogens (tertiary/aromatic N) is 4. The summed E-state index contributed by atoms with van der Waals surface area (Å²) < 4.78 is 18.6. The van der Waals surface area contributed by atoms with Gasteiger partial charge in [0.05, 0.1) is 17.0 Å². The van der Waals surface area contributed by atoms with Gasteiger partial charge in [0.15, 0.2) is 11.6 Å². The first-order chi connectivity index (χ1) is 12.0. The van der Waals surface area contributed by atoms with E-state index in [1.165, 1.54) is 6.20 Å². The van der Waals surface area contributed by atoms with Crippen molar-refractivity contribution in [3.63, 3.8) is 0 Å². The number of hydrogen-bond acceptors (Lipinski definition) is 7. The van der Waals surface area contributed by atoms with Crippen LogP contribution in [0.1, 0.15) is 25.7 Å². The molecule has 2 aromatic heterocycles. The van der Waals surface area contributed by atoms with Crippen LogP contribution in [0.15, 0.2) is 6.20 Å². The number of carboxylic acids is 1. The second-order valence-electron chi connectivity index (χ2n) is 6.49. The average molecular weight is 384 g/mol. The van der Waals surface area contributed by atoms with Crippen LogP contribution in [0.3, 0.4) is 0 Å². The summed E-state index contributed by atoms with van der Waals surface area (Å²) in [5.41, 5.74) is 0.0188. The summed E-state index contributed by atoms with van der Waals surface area (Å²) in [4.78, 5) is 20.1. The summed E-state index contributed by atoms with van der Waals surface area (Å²) in [6.45, 7) is 0. The van der Waals surface area contributed by atoms with Crippen molar-refractivity contribution in [1.82, 2.24) is 19.6 Å². The maximum atomic E-state index is 14.9. The van der Waals surface area contributed by atoms with Gasteiger partial charge in [-0.25, -0.2) is 9.37 Å². The number of fused-ring (bicyclic) bond motifs is 3. The van der Waals surface area contributed by atoms with Gasteiger partial charge in [0.1, 0.15) is 5.69 Å². The number of hydrogen-bond donors (Lipinski definition) is 2. The Balaban J connectivity index is 1.69. The fourth-order valence-electron chi connectivity index (χ4n) is 4.12. The minimum atomic E-state index is -0.848. The van der Waals surface area contributed by atoms with E-state index in [1.807, 2.05) is 0 Å². The van der Waals surface area contributed by atoms with E-state index in [0.717, 1.165) is 37.2 Å². The first kappa shape index (κ1) is 16.6. The lowest BCUT2D eigenvalue weighted by Crippen LogP contribution is -2.51. The van der Waals surface area contributed by atoms with Gasteiger partial charge in [0, 0.05) is 6.04 Å². The molecular formula is C15H15ClFN5O2S. The van der Waals surface area contributed by atoms with Crippen molar-refractivity contribution >= 4 is 34.9 Å².